The summed E-state index contributed by atoms with van der Waals surface area (Å²) in [6.07, 6.45) is 7.45. The van der Waals surface area contributed by atoms with Crippen LogP contribution in [-0.2, 0) is 4.79 Å². The topological polar surface area (TPSA) is 79.3 Å². The van der Waals surface area contributed by atoms with Crippen LogP contribution in [0.4, 0.5) is 0 Å². The van der Waals surface area contributed by atoms with E-state index in [4.69, 9.17) is 0 Å². The fourth-order valence-electron chi connectivity index (χ4n) is 4.27. The number of carboxylic acids is 1. The predicted molar refractivity (Wildman–Crippen MR) is 84.2 cm³/mol. The number of fused-ring (bicyclic) bond motifs is 1. The fourth-order valence-corrected chi connectivity index (χ4v) is 4.27. The quantitative estimate of drug-likeness (QED) is 0.895. The number of aliphatic carboxylic acids is 1. The minimum atomic E-state index is -0.707. The van der Waals surface area contributed by atoms with E-state index >= 15 is 0 Å². The van der Waals surface area contributed by atoms with E-state index in [0.717, 1.165) is 24.1 Å². The van der Waals surface area contributed by atoms with Crippen LogP contribution in [-0.4, -0.2) is 28.0 Å². The fraction of sp³-hybridized carbons (Fsp3) is 0.611. The maximum absolute atomic E-state index is 12.5. The van der Waals surface area contributed by atoms with Crippen LogP contribution < -0.4 is 5.32 Å². The molecule has 3 fully saturated rings. The summed E-state index contributed by atoms with van der Waals surface area (Å²) < 4.78 is 0. The van der Waals surface area contributed by atoms with Gasteiger partial charge in [-0.25, -0.2) is 0 Å². The average Bonchev–Trinajstić information content (AvgIpc) is 3.00. The Labute approximate surface area is 135 Å². The van der Waals surface area contributed by atoms with Crippen molar-refractivity contribution in [3.05, 3.63) is 29.1 Å². The normalized spacial score (nSPS) is 32.0. The first-order chi connectivity index (χ1) is 11.0. The Morgan fingerprint density at radius 3 is 2.70 bits per heavy atom. The number of aryl methyl sites for hydroxylation is 1. The summed E-state index contributed by atoms with van der Waals surface area (Å²) >= 11 is 0. The van der Waals surface area contributed by atoms with E-state index in [1.54, 1.807) is 6.20 Å². The molecule has 0 aromatic carbocycles. The van der Waals surface area contributed by atoms with Crippen molar-refractivity contribution in [1.29, 1.82) is 0 Å². The Morgan fingerprint density at radius 1 is 1.35 bits per heavy atom. The van der Waals surface area contributed by atoms with Gasteiger partial charge in [-0.2, -0.15) is 0 Å². The van der Waals surface area contributed by atoms with E-state index < -0.39 is 11.4 Å². The third-order valence-corrected chi connectivity index (χ3v) is 6.07. The number of pyridine rings is 1. The van der Waals surface area contributed by atoms with Gasteiger partial charge in [0.25, 0.3) is 5.91 Å². The third-order valence-electron chi connectivity index (χ3n) is 6.07. The van der Waals surface area contributed by atoms with E-state index in [1.165, 1.54) is 19.3 Å². The first-order valence-corrected chi connectivity index (χ1v) is 8.50. The molecule has 3 atom stereocenters. The molecular formula is C18H22N2O3. The minimum Gasteiger partial charge on any atom is -0.481 e. The van der Waals surface area contributed by atoms with Crippen molar-refractivity contribution < 1.29 is 14.7 Å². The molecule has 5 nitrogen and oxygen atoms in total. The van der Waals surface area contributed by atoms with E-state index in [2.05, 4.69) is 10.3 Å². The predicted octanol–water partition coefficient (Wildman–Crippen LogP) is 2.64. The molecule has 0 bridgehead atoms. The molecule has 1 aromatic heterocycles. The standard InChI is InChI=1S/C18H22N2O3/c1-10-5-15(11-3-2-4-11)19-9-14(10)16(21)20-13-6-12-7-18(12,8-13)17(22)23/h5,9,11-13H,2-4,6-8H2,1H3,(H,20,21)(H,22,23)/t12-,13+,18+/m0/s1. The molecule has 0 spiro atoms. The lowest BCUT2D eigenvalue weighted by molar-refractivity contribution is -0.143. The van der Waals surface area contributed by atoms with E-state index in [1.807, 2.05) is 13.0 Å². The van der Waals surface area contributed by atoms with Gasteiger partial charge in [0.2, 0.25) is 0 Å². The lowest BCUT2D eigenvalue weighted by Crippen LogP contribution is -2.35. The Kier molecular flexibility index (Phi) is 3.22. The summed E-state index contributed by atoms with van der Waals surface area (Å²) in [5.41, 5.74) is 2.10. The summed E-state index contributed by atoms with van der Waals surface area (Å²) in [5.74, 6) is -0.0300. The van der Waals surface area contributed by atoms with Crippen molar-refractivity contribution in [2.75, 3.05) is 0 Å². The summed E-state index contributed by atoms with van der Waals surface area (Å²) in [6, 6.07) is 2.01. The SMILES string of the molecule is Cc1cc(C2CCC2)ncc1C(=O)N[C@@H]1C[C@H]2C[C@@]2(C(=O)O)C1. The monoisotopic (exact) mass is 314 g/mol. The van der Waals surface area contributed by atoms with E-state index in [9.17, 15) is 14.7 Å². The summed E-state index contributed by atoms with van der Waals surface area (Å²) in [4.78, 5) is 28.3. The maximum Gasteiger partial charge on any atom is 0.310 e. The first kappa shape index (κ1) is 14.7. The smallest absolute Gasteiger partial charge is 0.310 e. The zero-order valence-electron chi connectivity index (χ0n) is 13.3. The van der Waals surface area contributed by atoms with Gasteiger partial charge in [-0.15, -0.1) is 0 Å². The molecule has 0 saturated heterocycles. The number of nitrogens with one attached hydrogen (secondary N) is 1. The maximum atomic E-state index is 12.5. The Bertz CT molecular complexity index is 683. The highest BCUT2D eigenvalue weighted by Crippen LogP contribution is 2.63. The molecule has 122 valence electrons. The van der Waals surface area contributed by atoms with E-state index in [-0.39, 0.29) is 17.9 Å². The molecule has 1 heterocycles. The van der Waals surface area contributed by atoms with Crippen molar-refractivity contribution in [3.63, 3.8) is 0 Å². The van der Waals surface area contributed by atoms with Crippen molar-refractivity contribution >= 4 is 11.9 Å². The van der Waals surface area contributed by atoms with Gasteiger partial charge in [0.1, 0.15) is 0 Å². The lowest BCUT2D eigenvalue weighted by atomic mass is 9.82. The zero-order chi connectivity index (χ0) is 16.2. The number of rotatable bonds is 4. The van der Waals surface area contributed by atoms with Gasteiger partial charge in [0, 0.05) is 23.9 Å². The van der Waals surface area contributed by atoms with Crippen molar-refractivity contribution in [1.82, 2.24) is 10.3 Å². The van der Waals surface area contributed by atoms with Gasteiger partial charge in [0.15, 0.2) is 0 Å². The lowest BCUT2D eigenvalue weighted by Gasteiger charge is -2.25. The molecule has 0 unspecified atom stereocenters. The van der Waals surface area contributed by atoms with Gasteiger partial charge in [0.05, 0.1) is 11.0 Å². The van der Waals surface area contributed by atoms with Gasteiger partial charge in [-0.1, -0.05) is 6.42 Å². The zero-order valence-corrected chi connectivity index (χ0v) is 13.3. The molecule has 3 aliphatic rings. The second kappa shape index (κ2) is 5.05. The van der Waals surface area contributed by atoms with Crippen LogP contribution in [0.1, 0.15) is 66.1 Å². The van der Waals surface area contributed by atoms with Crippen LogP contribution in [0.15, 0.2) is 12.3 Å². The molecule has 23 heavy (non-hydrogen) atoms. The van der Waals surface area contributed by atoms with Gasteiger partial charge >= 0.3 is 5.97 Å². The van der Waals surface area contributed by atoms with Crippen molar-refractivity contribution in [3.8, 4) is 0 Å². The van der Waals surface area contributed by atoms with Gasteiger partial charge in [-0.3, -0.25) is 14.6 Å². The van der Waals surface area contributed by atoms with Crippen LogP contribution in [0.5, 0.6) is 0 Å². The molecule has 1 amide bonds. The molecule has 1 aromatic rings. The number of carbonyl (C=O) groups is 2. The number of nitrogens with zero attached hydrogens (tertiary/aromatic N) is 1. The molecule has 2 N–H and O–H groups in total. The molecule has 3 aliphatic carbocycles. The largest absolute Gasteiger partial charge is 0.481 e. The number of aromatic nitrogens is 1. The highest BCUT2D eigenvalue weighted by atomic mass is 16.4. The van der Waals surface area contributed by atoms with Crippen molar-refractivity contribution in [2.45, 2.75) is 57.4 Å². The van der Waals surface area contributed by atoms with Crippen LogP contribution in [0.25, 0.3) is 0 Å². The molecule has 3 saturated carbocycles. The highest BCUT2D eigenvalue weighted by molar-refractivity contribution is 5.95. The average molecular weight is 314 g/mol. The number of hydrogen-bond donors (Lipinski definition) is 2. The summed E-state index contributed by atoms with van der Waals surface area (Å²) in [5, 5.41) is 12.3. The Morgan fingerprint density at radius 2 is 2.13 bits per heavy atom. The summed E-state index contributed by atoms with van der Waals surface area (Å²) in [7, 11) is 0. The minimum absolute atomic E-state index is 0.0249. The van der Waals surface area contributed by atoms with Crippen LogP contribution in [0, 0.1) is 18.3 Å². The number of carbonyl (C=O) groups excluding carboxylic acids is 1. The van der Waals surface area contributed by atoms with E-state index in [0.29, 0.717) is 17.9 Å². The highest BCUT2D eigenvalue weighted by Gasteiger charge is 2.65. The second-order valence-electron chi connectivity index (χ2n) is 7.52. The molecule has 4 rings (SSSR count). The number of carboxylic acid groups (broad SMARTS) is 1. The molecule has 0 radical (unpaired) electrons. The number of hydrogen-bond acceptors (Lipinski definition) is 3. The van der Waals surface area contributed by atoms with Crippen LogP contribution in [0.2, 0.25) is 0 Å². The number of amides is 1. The van der Waals surface area contributed by atoms with Crippen LogP contribution >= 0.6 is 0 Å². The molecular weight excluding hydrogens is 292 g/mol. The van der Waals surface area contributed by atoms with Gasteiger partial charge < -0.3 is 10.4 Å². The Hall–Kier alpha value is -1.91. The molecule has 5 heteroatoms. The van der Waals surface area contributed by atoms with Gasteiger partial charge in [-0.05, 0) is 56.6 Å². The Balaban J connectivity index is 1.43. The van der Waals surface area contributed by atoms with Crippen molar-refractivity contribution in [2.24, 2.45) is 11.3 Å². The van der Waals surface area contributed by atoms with Crippen LogP contribution in [0.3, 0.4) is 0 Å². The summed E-state index contributed by atoms with van der Waals surface area (Å²) in [6.45, 7) is 1.95. The molecule has 0 aliphatic heterocycles. The first-order valence-electron chi connectivity index (χ1n) is 8.50. The third kappa shape index (κ3) is 2.33. The second-order valence-corrected chi connectivity index (χ2v) is 7.52.